The quantitative estimate of drug-likeness (QED) is 0.289. The second-order valence-electron chi connectivity index (χ2n) is 7.31. The van der Waals surface area contributed by atoms with E-state index in [9.17, 15) is 9.59 Å². The first-order valence-electron chi connectivity index (χ1n) is 9.99. The zero-order valence-electron chi connectivity index (χ0n) is 18.7. The minimum atomic E-state index is -0.425. The third-order valence-electron chi connectivity index (χ3n) is 4.89. The highest BCUT2D eigenvalue weighted by Crippen LogP contribution is 2.30. The fraction of sp³-hybridized carbons (Fsp3) is 0.333. The molecule has 2 aromatic carbocycles. The Balaban J connectivity index is 2.02. The molecule has 0 spiro atoms. The highest BCUT2D eigenvalue weighted by molar-refractivity contribution is 7.99. The predicted octanol–water partition coefficient (Wildman–Crippen LogP) is 5.92. The van der Waals surface area contributed by atoms with Gasteiger partial charge >= 0.3 is 11.9 Å². The molecule has 0 aliphatic rings. The first-order valence-corrected chi connectivity index (χ1v) is 10.8. The lowest BCUT2D eigenvalue weighted by Gasteiger charge is -2.13. The van der Waals surface area contributed by atoms with Crippen LogP contribution in [0.25, 0.3) is 0 Å². The van der Waals surface area contributed by atoms with Gasteiger partial charge in [-0.1, -0.05) is 60.2 Å². The average Bonchev–Trinajstić information content (AvgIpc) is 2.75. The van der Waals surface area contributed by atoms with Gasteiger partial charge in [0.15, 0.2) is 0 Å². The van der Waals surface area contributed by atoms with Gasteiger partial charge in [-0.25, -0.2) is 9.59 Å². The van der Waals surface area contributed by atoms with Crippen molar-refractivity contribution in [2.45, 2.75) is 63.2 Å². The van der Waals surface area contributed by atoms with Gasteiger partial charge in [-0.3, -0.25) is 0 Å². The number of benzene rings is 2. The number of oxime groups is 2. The van der Waals surface area contributed by atoms with Gasteiger partial charge in [0.1, 0.15) is 0 Å². The molecule has 2 unspecified atom stereocenters. The normalized spacial score (nSPS) is 14.0. The predicted molar refractivity (Wildman–Crippen MR) is 124 cm³/mol. The van der Waals surface area contributed by atoms with E-state index in [1.807, 2.05) is 27.7 Å². The Kier molecular flexibility index (Phi) is 9.00. The molecule has 2 rings (SSSR count). The van der Waals surface area contributed by atoms with Crippen LogP contribution in [0.4, 0.5) is 0 Å². The van der Waals surface area contributed by atoms with Crippen molar-refractivity contribution in [2.24, 2.45) is 10.3 Å². The van der Waals surface area contributed by atoms with Crippen LogP contribution < -0.4 is 0 Å². The second-order valence-corrected chi connectivity index (χ2v) is 8.46. The maximum absolute atomic E-state index is 10.9. The molecule has 0 amide bonds. The molecular weight excluding hydrogens is 412 g/mol. The number of carbonyl (C=O) groups excluding carboxylic acids is 2. The van der Waals surface area contributed by atoms with Crippen LogP contribution in [0, 0.1) is 0 Å². The molecule has 7 heteroatoms. The van der Waals surface area contributed by atoms with Crippen LogP contribution in [0.2, 0.25) is 0 Å². The van der Waals surface area contributed by atoms with E-state index in [1.165, 1.54) is 13.8 Å². The van der Waals surface area contributed by atoms with E-state index in [2.05, 4.69) is 58.8 Å². The molecule has 0 fully saturated rings. The highest BCUT2D eigenvalue weighted by atomic mass is 32.2. The summed E-state index contributed by atoms with van der Waals surface area (Å²) in [5, 5.41) is 7.75. The smallest absolute Gasteiger partial charge is 0.319 e. The van der Waals surface area contributed by atoms with E-state index < -0.39 is 11.9 Å². The molecule has 0 aliphatic heterocycles. The minimum absolute atomic E-state index is 0.0519. The fourth-order valence-corrected chi connectivity index (χ4v) is 3.51. The summed E-state index contributed by atoms with van der Waals surface area (Å²) in [6, 6.07) is 16.5. The first-order chi connectivity index (χ1) is 14.7. The molecule has 0 saturated heterocycles. The van der Waals surface area contributed by atoms with Crippen LogP contribution >= 0.6 is 11.8 Å². The van der Waals surface area contributed by atoms with Gasteiger partial charge < -0.3 is 9.68 Å². The van der Waals surface area contributed by atoms with E-state index in [4.69, 9.17) is 9.68 Å². The maximum Gasteiger partial charge on any atom is 0.331 e. The van der Waals surface area contributed by atoms with Crippen LogP contribution in [0.15, 0.2) is 68.6 Å². The number of nitrogens with zero attached hydrogens (tertiary/aromatic N) is 2. The van der Waals surface area contributed by atoms with Crippen molar-refractivity contribution in [2.75, 3.05) is 0 Å². The van der Waals surface area contributed by atoms with E-state index in [-0.39, 0.29) is 11.8 Å². The minimum Gasteiger partial charge on any atom is -0.319 e. The molecular formula is C24H28N2O4S. The SMILES string of the molecule is CC(=O)O/N=C(\C)C(C)c1ccc(Sc2ccc(C(C)/C(C)=N/OC(C)=O)cc2)cc1. The van der Waals surface area contributed by atoms with Crippen molar-refractivity contribution in [1.29, 1.82) is 0 Å². The van der Waals surface area contributed by atoms with Crippen molar-refractivity contribution >= 4 is 35.1 Å². The Labute approximate surface area is 187 Å². The molecule has 0 N–H and O–H groups in total. The van der Waals surface area contributed by atoms with Gasteiger partial charge in [-0.05, 0) is 49.2 Å². The Morgan fingerprint density at radius 3 is 1.29 bits per heavy atom. The highest BCUT2D eigenvalue weighted by Gasteiger charge is 2.12. The third-order valence-corrected chi connectivity index (χ3v) is 5.90. The molecule has 2 atom stereocenters. The van der Waals surface area contributed by atoms with E-state index >= 15 is 0 Å². The molecule has 0 bridgehead atoms. The zero-order valence-corrected chi connectivity index (χ0v) is 19.5. The van der Waals surface area contributed by atoms with Gasteiger partial charge in [0.05, 0.1) is 11.4 Å². The summed E-state index contributed by atoms with van der Waals surface area (Å²) in [6.45, 7) is 10.4. The number of carbonyl (C=O) groups is 2. The number of rotatable bonds is 8. The summed E-state index contributed by atoms with van der Waals surface area (Å²) in [5.74, 6) is -0.747. The van der Waals surface area contributed by atoms with Gasteiger partial charge in [-0.15, -0.1) is 0 Å². The average molecular weight is 441 g/mol. The van der Waals surface area contributed by atoms with E-state index in [0.29, 0.717) is 0 Å². The summed E-state index contributed by atoms with van der Waals surface area (Å²) in [5.41, 5.74) is 3.69. The zero-order chi connectivity index (χ0) is 23.0. The maximum atomic E-state index is 10.9. The third kappa shape index (κ3) is 7.68. The largest absolute Gasteiger partial charge is 0.331 e. The van der Waals surface area contributed by atoms with Crippen LogP contribution in [0.3, 0.4) is 0 Å². The first kappa shape index (κ1) is 24.3. The molecule has 0 aliphatic carbocycles. The molecule has 0 saturated carbocycles. The standard InChI is InChI=1S/C24H28N2O4S/c1-15(17(3)25-29-19(5)27)21-7-11-23(12-8-21)31-24-13-9-22(10-14-24)16(2)18(4)26-30-20(6)28/h7-16H,1-6H3/b25-17+,26-18+. The monoisotopic (exact) mass is 440 g/mol. The molecule has 0 radical (unpaired) electrons. The Bertz CT molecular complexity index is 887. The summed E-state index contributed by atoms with van der Waals surface area (Å²) in [4.78, 5) is 33.5. The number of hydrogen-bond donors (Lipinski definition) is 0. The van der Waals surface area contributed by atoms with E-state index in [1.54, 1.807) is 11.8 Å². The van der Waals surface area contributed by atoms with Crippen LogP contribution in [-0.4, -0.2) is 23.4 Å². The van der Waals surface area contributed by atoms with Crippen molar-refractivity contribution in [3.63, 3.8) is 0 Å². The van der Waals surface area contributed by atoms with Gasteiger partial charge in [-0.2, -0.15) is 0 Å². The lowest BCUT2D eigenvalue weighted by atomic mass is 9.97. The van der Waals surface area contributed by atoms with Crippen LogP contribution in [0.1, 0.15) is 64.5 Å². The topological polar surface area (TPSA) is 77.3 Å². The number of hydrogen-bond acceptors (Lipinski definition) is 7. The van der Waals surface area contributed by atoms with Gasteiger partial charge in [0, 0.05) is 35.5 Å². The fourth-order valence-electron chi connectivity index (χ4n) is 2.70. The Morgan fingerprint density at radius 1 is 0.677 bits per heavy atom. The molecule has 2 aromatic rings. The summed E-state index contributed by atoms with van der Waals surface area (Å²) >= 11 is 1.67. The van der Waals surface area contributed by atoms with Gasteiger partial charge in [0.25, 0.3) is 0 Å². The lowest BCUT2D eigenvalue weighted by Crippen LogP contribution is -2.07. The van der Waals surface area contributed by atoms with Crippen molar-refractivity contribution in [3.8, 4) is 0 Å². The van der Waals surface area contributed by atoms with Crippen molar-refractivity contribution < 1.29 is 19.3 Å². The van der Waals surface area contributed by atoms with E-state index in [0.717, 1.165) is 32.3 Å². The molecule has 164 valence electrons. The summed E-state index contributed by atoms with van der Waals surface area (Å²) in [6.07, 6.45) is 0. The van der Waals surface area contributed by atoms with Crippen LogP contribution in [0.5, 0.6) is 0 Å². The Hall–Kier alpha value is -2.93. The summed E-state index contributed by atoms with van der Waals surface area (Å²) in [7, 11) is 0. The van der Waals surface area contributed by atoms with Gasteiger partial charge in [0.2, 0.25) is 0 Å². The summed E-state index contributed by atoms with van der Waals surface area (Å²) < 4.78 is 0. The van der Waals surface area contributed by atoms with Crippen molar-refractivity contribution in [3.05, 3.63) is 59.7 Å². The molecule has 0 heterocycles. The van der Waals surface area contributed by atoms with Crippen LogP contribution in [-0.2, 0) is 19.3 Å². The lowest BCUT2D eigenvalue weighted by molar-refractivity contribution is -0.141. The second kappa shape index (κ2) is 11.5. The Morgan fingerprint density at radius 2 is 1.00 bits per heavy atom. The molecule has 0 aromatic heterocycles. The molecule has 31 heavy (non-hydrogen) atoms. The van der Waals surface area contributed by atoms with Crippen molar-refractivity contribution in [1.82, 2.24) is 0 Å². The molecule has 6 nitrogen and oxygen atoms in total.